The highest BCUT2D eigenvalue weighted by molar-refractivity contribution is 14.0. The number of guanidine groups is 1. The summed E-state index contributed by atoms with van der Waals surface area (Å²) in [6, 6.07) is 12.7. The molecule has 0 atom stereocenters. The van der Waals surface area contributed by atoms with Crippen molar-refractivity contribution < 1.29 is 0 Å². The molecule has 2 aromatic rings. The van der Waals surface area contributed by atoms with Crippen molar-refractivity contribution in [1.82, 2.24) is 15.2 Å². The van der Waals surface area contributed by atoms with E-state index in [1.54, 1.807) is 11.8 Å². The molecule has 0 amide bonds. The SMILES string of the molecule is CN=C(NCc1cccnc1N(C)C)N(C)Cc1ccc(SC)cc1.I. The van der Waals surface area contributed by atoms with Crippen LogP contribution in [-0.2, 0) is 13.1 Å². The van der Waals surface area contributed by atoms with Crippen molar-refractivity contribution in [2.45, 2.75) is 18.0 Å². The minimum Gasteiger partial charge on any atom is -0.362 e. The number of nitrogens with zero attached hydrogens (tertiary/aromatic N) is 4. The third kappa shape index (κ3) is 6.35. The van der Waals surface area contributed by atoms with Gasteiger partial charge in [0.15, 0.2) is 5.96 Å². The van der Waals surface area contributed by atoms with E-state index in [1.165, 1.54) is 10.5 Å². The zero-order valence-electron chi connectivity index (χ0n) is 16.1. The quantitative estimate of drug-likeness (QED) is 0.293. The highest BCUT2D eigenvalue weighted by Gasteiger charge is 2.09. The number of anilines is 1. The van der Waals surface area contributed by atoms with E-state index in [2.05, 4.69) is 56.8 Å². The van der Waals surface area contributed by atoms with Crippen LogP contribution in [-0.4, -0.2) is 50.3 Å². The lowest BCUT2D eigenvalue weighted by Gasteiger charge is -2.23. The van der Waals surface area contributed by atoms with Crippen LogP contribution >= 0.6 is 35.7 Å². The van der Waals surface area contributed by atoms with Gasteiger partial charge in [0.1, 0.15) is 5.82 Å². The van der Waals surface area contributed by atoms with Crippen LogP contribution in [0.25, 0.3) is 0 Å². The van der Waals surface area contributed by atoms with Gasteiger partial charge < -0.3 is 15.1 Å². The van der Waals surface area contributed by atoms with Gasteiger partial charge in [-0.2, -0.15) is 0 Å². The van der Waals surface area contributed by atoms with E-state index in [4.69, 9.17) is 0 Å². The van der Waals surface area contributed by atoms with Crippen LogP contribution < -0.4 is 10.2 Å². The van der Waals surface area contributed by atoms with Crippen molar-refractivity contribution in [3.05, 3.63) is 53.7 Å². The van der Waals surface area contributed by atoms with Crippen molar-refractivity contribution in [3.63, 3.8) is 0 Å². The summed E-state index contributed by atoms with van der Waals surface area (Å²) in [5, 5.41) is 3.43. The Hall–Kier alpha value is -1.48. The molecule has 1 aromatic heterocycles. The number of benzene rings is 1. The number of aromatic nitrogens is 1. The second-order valence-corrected chi connectivity index (χ2v) is 6.87. The van der Waals surface area contributed by atoms with Gasteiger partial charge in [0, 0.05) is 57.9 Å². The number of hydrogen-bond donors (Lipinski definition) is 1. The average molecular weight is 485 g/mol. The zero-order chi connectivity index (χ0) is 18.2. The van der Waals surface area contributed by atoms with Crippen molar-refractivity contribution in [2.75, 3.05) is 39.3 Å². The number of hydrogen-bond acceptors (Lipinski definition) is 4. The van der Waals surface area contributed by atoms with E-state index in [1.807, 2.05) is 45.4 Å². The van der Waals surface area contributed by atoms with Gasteiger partial charge in [0.25, 0.3) is 0 Å². The summed E-state index contributed by atoms with van der Waals surface area (Å²) in [6.45, 7) is 1.49. The molecule has 5 nitrogen and oxygen atoms in total. The van der Waals surface area contributed by atoms with Crippen LogP contribution in [0, 0.1) is 0 Å². The van der Waals surface area contributed by atoms with E-state index in [-0.39, 0.29) is 24.0 Å². The van der Waals surface area contributed by atoms with Gasteiger partial charge in [-0.25, -0.2) is 4.98 Å². The molecule has 1 heterocycles. The first-order valence-corrected chi connectivity index (χ1v) is 9.43. The zero-order valence-corrected chi connectivity index (χ0v) is 19.2. The minimum absolute atomic E-state index is 0. The fourth-order valence-corrected chi connectivity index (χ4v) is 3.02. The number of thioether (sulfide) groups is 1. The summed E-state index contributed by atoms with van der Waals surface area (Å²) in [6.07, 6.45) is 3.91. The second kappa shape index (κ2) is 11.3. The lowest BCUT2D eigenvalue weighted by atomic mass is 10.2. The maximum Gasteiger partial charge on any atom is 0.193 e. The molecule has 0 radical (unpaired) electrons. The normalized spacial score (nSPS) is 10.9. The standard InChI is InChI=1S/C19H27N5S.HI/c1-20-19(22-13-16-7-6-12-21-18(16)23(2)3)24(4)14-15-8-10-17(25-5)11-9-15;/h6-12H,13-14H2,1-5H3,(H,20,22);1H. The molecule has 0 saturated carbocycles. The van der Waals surface area contributed by atoms with Crippen LogP contribution in [0.5, 0.6) is 0 Å². The highest BCUT2D eigenvalue weighted by Crippen LogP contribution is 2.16. The summed E-state index contributed by atoms with van der Waals surface area (Å²) < 4.78 is 0. The third-order valence-corrected chi connectivity index (χ3v) is 4.62. The Morgan fingerprint density at radius 3 is 2.42 bits per heavy atom. The topological polar surface area (TPSA) is 43.8 Å². The molecular weight excluding hydrogens is 457 g/mol. The molecule has 1 aromatic carbocycles. The van der Waals surface area contributed by atoms with Crippen LogP contribution in [0.2, 0.25) is 0 Å². The Morgan fingerprint density at radius 2 is 1.85 bits per heavy atom. The largest absolute Gasteiger partial charge is 0.362 e. The number of pyridine rings is 1. The predicted octanol–water partition coefficient (Wildman–Crippen LogP) is 3.69. The summed E-state index contributed by atoms with van der Waals surface area (Å²) in [7, 11) is 7.87. The van der Waals surface area contributed by atoms with Crippen molar-refractivity contribution >= 4 is 47.5 Å². The first-order valence-electron chi connectivity index (χ1n) is 8.21. The Labute approximate surface area is 178 Å². The first kappa shape index (κ1) is 22.6. The molecule has 0 unspecified atom stereocenters. The number of nitrogens with one attached hydrogen (secondary N) is 1. The Balaban J connectivity index is 0.00000338. The van der Waals surface area contributed by atoms with Crippen molar-refractivity contribution in [3.8, 4) is 0 Å². The van der Waals surface area contributed by atoms with Crippen molar-refractivity contribution in [1.29, 1.82) is 0 Å². The molecule has 0 aliphatic heterocycles. The molecule has 7 heteroatoms. The summed E-state index contributed by atoms with van der Waals surface area (Å²) in [5.74, 6) is 1.84. The maximum absolute atomic E-state index is 4.44. The Morgan fingerprint density at radius 1 is 1.15 bits per heavy atom. The van der Waals surface area contributed by atoms with E-state index < -0.39 is 0 Å². The molecule has 0 aliphatic carbocycles. The molecule has 26 heavy (non-hydrogen) atoms. The van der Waals surface area contributed by atoms with E-state index >= 15 is 0 Å². The highest BCUT2D eigenvalue weighted by atomic mass is 127. The molecule has 0 fully saturated rings. The van der Waals surface area contributed by atoms with Gasteiger partial charge in [0.2, 0.25) is 0 Å². The second-order valence-electron chi connectivity index (χ2n) is 5.99. The predicted molar refractivity (Wildman–Crippen MR) is 124 cm³/mol. The van der Waals surface area contributed by atoms with Crippen LogP contribution in [0.1, 0.15) is 11.1 Å². The van der Waals surface area contributed by atoms with Crippen molar-refractivity contribution in [2.24, 2.45) is 4.99 Å². The smallest absolute Gasteiger partial charge is 0.193 e. The lowest BCUT2D eigenvalue weighted by molar-refractivity contribution is 0.476. The third-order valence-electron chi connectivity index (χ3n) is 3.88. The van der Waals surface area contributed by atoms with Gasteiger partial charge in [-0.05, 0) is 30.0 Å². The molecule has 1 N–H and O–H groups in total. The molecule has 142 valence electrons. The molecule has 0 spiro atoms. The molecular formula is C19H28IN5S. The fraction of sp³-hybridized carbons (Fsp3) is 0.368. The van der Waals surface area contributed by atoms with Crippen LogP contribution in [0.3, 0.4) is 0 Å². The average Bonchev–Trinajstić information content (AvgIpc) is 2.63. The van der Waals surface area contributed by atoms with Gasteiger partial charge >= 0.3 is 0 Å². The van der Waals surface area contributed by atoms with Crippen LogP contribution in [0.4, 0.5) is 5.82 Å². The summed E-state index contributed by atoms with van der Waals surface area (Å²) in [5.41, 5.74) is 2.41. The van der Waals surface area contributed by atoms with Gasteiger partial charge in [-0.3, -0.25) is 4.99 Å². The number of rotatable bonds is 6. The monoisotopic (exact) mass is 485 g/mol. The van der Waals surface area contributed by atoms with E-state index in [0.29, 0.717) is 6.54 Å². The van der Waals surface area contributed by atoms with E-state index in [0.717, 1.165) is 23.9 Å². The van der Waals surface area contributed by atoms with Gasteiger partial charge in [-0.15, -0.1) is 35.7 Å². The Bertz CT molecular complexity index is 703. The lowest BCUT2D eigenvalue weighted by Crippen LogP contribution is -2.38. The first-order chi connectivity index (χ1) is 12.0. The van der Waals surface area contributed by atoms with E-state index in [9.17, 15) is 0 Å². The Kier molecular flexibility index (Phi) is 9.79. The van der Waals surface area contributed by atoms with Crippen LogP contribution in [0.15, 0.2) is 52.5 Å². The number of halogens is 1. The summed E-state index contributed by atoms with van der Waals surface area (Å²) >= 11 is 1.76. The van der Waals surface area contributed by atoms with Gasteiger partial charge in [-0.1, -0.05) is 18.2 Å². The summed E-state index contributed by atoms with van der Waals surface area (Å²) in [4.78, 5) is 14.3. The van der Waals surface area contributed by atoms with Gasteiger partial charge in [0.05, 0.1) is 0 Å². The molecule has 2 rings (SSSR count). The molecule has 0 aliphatic rings. The fourth-order valence-electron chi connectivity index (χ4n) is 2.61. The number of aliphatic imine (C=N–C) groups is 1. The molecule has 0 bridgehead atoms. The minimum atomic E-state index is 0. The molecule has 0 saturated heterocycles. The maximum atomic E-state index is 4.44.